The molecule has 0 saturated heterocycles. The Labute approximate surface area is 173 Å². The van der Waals surface area contributed by atoms with Crippen LogP contribution >= 0.6 is 9.42 Å². The SMILES string of the molecule is FC(F)(F)c1cc(C(F)(F)F)c(-c2[c-]cccc2)[c-]c1-c1[c-]cccc1.[Cl][Pt]. The van der Waals surface area contributed by atoms with Crippen molar-refractivity contribution in [3.05, 3.63) is 83.9 Å². The van der Waals surface area contributed by atoms with E-state index in [1.54, 1.807) is 30.9 Å². The van der Waals surface area contributed by atoms with Gasteiger partial charge in [0.1, 0.15) is 0 Å². The predicted molar refractivity (Wildman–Crippen MR) is 89.7 cm³/mol. The van der Waals surface area contributed by atoms with Crippen LogP contribution in [0.2, 0.25) is 0 Å². The number of hydrogen-bond donors (Lipinski definition) is 0. The van der Waals surface area contributed by atoms with Gasteiger partial charge in [-0.3, -0.25) is 0 Å². The van der Waals surface area contributed by atoms with Crippen LogP contribution in [0.5, 0.6) is 0 Å². The molecule has 0 atom stereocenters. The van der Waals surface area contributed by atoms with Crippen LogP contribution in [0, 0.1) is 18.2 Å². The van der Waals surface area contributed by atoms with Gasteiger partial charge in [-0.05, 0) is 0 Å². The Bertz CT molecular complexity index is 833. The van der Waals surface area contributed by atoms with E-state index < -0.39 is 34.6 Å². The summed E-state index contributed by atoms with van der Waals surface area (Å²) in [7, 11) is 4.61. The van der Waals surface area contributed by atoms with E-state index in [0.717, 1.165) is 0 Å². The van der Waals surface area contributed by atoms with E-state index in [-0.39, 0.29) is 17.2 Å². The molecular weight excluding hydrogens is 585 g/mol. The average molecular weight is 594 g/mol. The Morgan fingerprint density at radius 3 is 1.36 bits per heavy atom. The van der Waals surface area contributed by atoms with Crippen LogP contribution in [0.3, 0.4) is 0 Å². The van der Waals surface area contributed by atoms with Crippen LogP contribution < -0.4 is 0 Å². The molecule has 8 heteroatoms. The average Bonchev–Trinajstić information content (AvgIpc) is 2.68. The first-order valence-electron chi connectivity index (χ1n) is 7.49. The summed E-state index contributed by atoms with van der Waals surface area (Å²) in [6.07, 6.45) is -9.96. The van der Waals surface area contributed by atoms with E-state index in [9.17, 15) is 26.3 Å². The van der Waals surface area contributed by atoms with Gasteiger partial charge < -0.3 is 0 Å². The normalized spacial score (nSPS) is 11.6. The minimum atomic E-state index is -4.98. The Morgan fingerprint density at radius 1 is 0.679 bits per heavy atom. The first kappa shape index (κ1) is 22.5. The second kappa shape index (κ2) is 9.14. The molecule has 3 aromatic carbocycles. The van der Waals surface area contributed by atoms with Crippen molar-refractivity contribution in [2.24, 2.45) is 0 Å². The van der Waals surface area contributed by atoms with Crippen molar-refractivity contribution in [1.82, 2.24) is 0 Å². The molecule has 0 unspecified atom stereocenters. The van der Waals surface area contributed by atoms with Crippen molar-refractivity contribution in [1.29, 1.82) is 0 Å². The molecule has 0 aliphatic rings. The van der Waals surface area contributed by atoms with Gasteiger partial charge in [0.05, 0.1) is 0 Å². The van der Waals surface area contributed by atoms with Crippen LogP contribution in [0.1, 0.15) is 11.1 Å². The van der Waals surface area contributed by atoms with Gasteiger partial charge in [0.2, 0.25) is 0 Å². The summed E-state index contributed by atoms with van der Waals surface area (Å²) in [6, 6.07) is 19.2. The Morgan fingerprint density at radius 2 is 1.07 bits per heavy atom. The number of rotatable bonds is 2. The third kappa shape index (κ3) is 5.18. The summed E-state index contributed by atoms with van der Waals surface area (Å²) in [4.78, 5) is 0. The van der Waals surface area contributed by atoms with E-state index >= 15 is 0 Å². The molecule has 28 heavy (non-hydrogen) atoms. The van der Waals surface area contributed by atoms with Crippen LogP contribution in [0.15, 0.2) is 54.6 Å². The fourth-order valence-electron chi connectivity index (χ4n) is 2.52. The topological polar surface area (TPSA) is 0 Å². The summed E-state index contributed by atoms with van der Waals surface area (Å²) in [6.45, 7) is 0. The molecule has 0 bridgehead atoms. The van der Waals surface area contributed by atoms with Crippen molar-refractivity contribution in [3.63, 3.8) is 0 Å². The summed E-state index contributed by atoms with van der Waals surface area (Å²) >= 11 is 1.61. The number of hydrogen-bond acceptors (Lipinski definition) is 0. The molecule has 0 heterocycles. The summed E-state index contributed by atoms with van der Waals surface area (Å²) < 4.78 is 80.6. The Kier molecular flexibility index (Phi) is 7.35. The number of halogens is 7. The van der Waals surface area contributed by atoms with E-state index in [0.29, 0.717) is 0 Å². The molecule has 3 aromatic rings. The van der Waals surface area contributed by atoms with Crippen molar-refractivity contribution in [3.8, 4) is 22.3 Å². The Balaban J connectivity index is 0.00000136. The second-order valence-corrected chi connectivity index (χ2v) is 5.39. The van der Waals surface area contributed by atoms with Gasteiger partial charge in [-0.1, -0.05) is 11.1 Å². The fraction of sp³-hybridized carbons (Fsp3) is 0.100. The molecule has 0 fully saturated rings. The van der Waals surface area contributed by atoms with Gasteiger partial charge >= 0.3 is 40.5 Å². The monoisotopic (exact) mass is 593 g/mol. The second-order valence-electron chi connectivity index (χ2n) is 5.39. The predicted octanol–water partition coefficient (Wildman–Crippen LogP) is 7.15. The van der Waals surface area contributed by atoms with Gasteiger partial charge in [-0.2, -0.15) is 86.0 Å². The summed E-state index contributed by atoms with van der Waals surface area (Å²) in [5.74, 6) is 0. The third-order valence-corrected chi connectivity index (χ3v) is 3.64. The molecule has 0 N–H and O–H groups in total. The maximum atomic E-state index is 13.4. The van der Waals surface area contributed by atoms with Crippen LogP contribution in [-0.2, 0) is 31.1 Å². The van der Waals surface area contributed by atoms with Crippen LogP contribution in [-0.4, -0.2) is 0 Å². The van der Waals surface area contributed by atoms with Crippen molar-refractivity contribution < 1.29 is 45.1 Å². The van der Waals surface area contributed by atoms with E-state index in [2.05, 4.69) is 27.6 Å². The molecule has 0 aliphatic heterocycles. The summed E-state index contributed by atoms with van der Waals surface area (Å²) in [5.41, 5.74) is -3.79. The van der Waals surface area contributed by atoms with Gasteiger partial charge in [0.15, 0.2) is 0 Å². The molecule has 0 amide bonds. The van der Waals surface area contributed by atoms with Crippen molar-refractivity contribution in [2.45, 2.75) is 12.4 Å². The summed E-state index contributed by atoms with van der Waals surface area (Å²) in [5, 5.41) is 0. The fourth-order valence-corrected chi connectivity index (χ4v) is 2.52. The molecule has 3 rings (SSSR count). The van der Waals surface area contributed by atoms with Gasteiger partial charge in [0, 0.05) is 0 Å². The zero-order chi connectivity index (χ0) is 20.9. The maximum absolute atomic E-state index is 13.4. The van der Waals surface area contributed by atoms with Crippen molar-refractivity contribution >= 4 is 9.42 Å². The molecule has 0 radical (unpaired) electrons. The first-order chi connectivity index (χ1) is 13.2. The minimum absolute atomic E-state index is 0.00531. The van der Waals surface area contributed by atoms with Gasteiger partial charge in [-0.15, -0.1) is 18.2 Å². The zero-order valence-corrected chi connectivity index (χ0v) is 16.7. The van der Waals surface area contributed by atoms with E-state index in [1.165, 1.54) is 36.4 Å². The number of benzene rings is 3. The molecule has 0 saturated carbocycles. The standard InChI is InChI=1S/C20H9F6.ClH.Pt/c21-19(22,23)17-12-18(20(24,25)26)16(14-9-5-2-6-10-14)11-15(17)13-7-3-1-4-8-13;;/h1-7,9,12H;1H;/q-3;;+1/p-1. The zero-order valence-electron chi connectivity index (χ0n) is 13.7. The number of alkyl halides is 6. The third-order valence-electron chi connectivity index (χ3n) is 3.64. The molecule has 151 valence electrons. The van der Waals surface area contributed by atoms with Crippen LogP contribution in [0.25, 0.3) is 22.3 Å². The first-order valence-corrected chi connectivity index (χ1v) is 10.3. The van der Waals surface area contributed by atoms with E-state index in [4.69, 9.17) is 0 Å². The Hall–Kier alpha value is -1.78. The molecule has 0 nitrogen and oxygen atoms in total. The van der Waals surface area contributed by atoms with Gasteiger partial charge in [-0.25, -0.2) is 17.2 Å². The molecule has 0 spiro atoms. The molecular formula is C20H9ClF6Pt-3. The van der Waals surface area contributed by atoms with E-state index in [1.807, 2.05) is 0 Å². The quantitative estimate of drug-likeness (QED) is 0.219. The van der Waals surface area contributed by atoms with Gasteiger partial charge in [0.25, 0.3) is 0 Å². The molecule has 0 aromatic heterocycles. The molecule has 0 aliphatic carbocycles. The van der Waals surface area contributed by atoms with Crippen molar-refractivity contribution in [2.75, 3.05) is 0 Å². The van der Waals surface area contributed by atoms with Crippen LogP contribution in [0.4, 0.5) is 26.3 Å².